The molecule has 0 aromatic heterocycles. The van der Waals surface area contributed by atoms with Gasteiger partial charge in [0.2, 0.25) is 0 Å². The molecule has 0 aliphatic carbocycles. The van der Waals surface area contributed by atoms with Crippen molar-refractivity contribution in [2.75, 3.05) is 11.5 Å². The van der Waals surface area contributed by atoms with E-state index in [1.807, 2.05) is 0 Å². The van der Waals surface area contributed by atoms with Crippen molar-refractivity contribution >= 4 is 11.8 Å². The predicted molar refractivity (Wildman–Crippen MR) is 89.5 cm³/mol. The van der Waals surface area contributed by atoms with E-state index in [1.165, 1.54) is 35.5 Å². The summed E-state index contributed by atoms with van der Waals surface area (Å²) in [6.07, 6.45) is 4.16. The van der Waals surface area contributed by atoms with Gasteiger partial charge in [-0.3, -0.25) is 0 Å². The van der Waals surface area contributed by atoms with E-state index in [0.717, 1.165) is 18.8 Å². The third-order valence-corrected chi connectivity index (χ3v) is 5.29. The van der Waals surface area contributed by atoms with E-state index in [1.54, 1.807) is 0 Å². The van der Waals surface area contributed by atoms with Gasteiger partial charge in [-0.25, -0.2) is 0 Å². The maximum Gasteiger partial charge on any atom is 0.0583 e. The van der Waals surface area contributed by atoms with Crippen LogP contribution in [-0.4, -0.2) is 22.7 Å². The summed E-state index contributed by atoms with van der Waals surface area (Å²) in [4.78, 5) is 0. The maximum atomic E-state index is 10.3. The largest absolute Gasteiger partial charge is 0.393 e. The Morgan fingerprint density at radius 3 is 2.30 bits per heavy atom. The molecule has 112 valence electrons. The van der Waals surface area contributed by atoms with Crippen molar-refractivity contribution in [3.8, 4) is 0 Å². The van der Waals surface area contributed by atoms with Crippen molar-refractivity contribution in [1.29, 1.82) is 0 Å². The van der Waals surface area contributed by atoms with Crippen LogP contribution in [0.15, 0.2) is 24.3 Å². The minimum Gasteiger partial charge on any atom is -0.393 e. The van der Waals surface area contributed by atoms with E-state index in [9.17, 15) is 5.11 Å². The molecule has 1 heterocycles. The van der Waals surface area contributed by atoms with E-state index >= 15 is 0 Å². The van der Waals surface area contributed by atoms with Crippen LogP contribution < -0.4 is 0 Å². The van der Waals surface area contributed by atoms with Crippen molar-refractivity contribution in [2.45, 2.75) is 58.0 Å². The average molecular weight is 292 g/mol. The summed E-state index contributed by atoms with van der Waals surface area (Å²) in [6, 6.07) is 8.78. The Balaban J connectivity index is 1.86. The Labute approximate surface area is 128 Å². The molecule has 2 heteroatoms. The fourth-order valence-electron chi connectivity index (χ4n) is 2.86. The molecule has 2 rings (SSSR count). The second-order valence-electron chi connectivity index (χ2n) is 7.10. The summed E-state index contributed by atoms with van der Waals surface area (Å²) in [5.74, 6) is 3.29. The number of aliphatic hydroxyl groups is 1. The first kappa shape index (κ1) is 15.9. The number of thioether (sulfide) groups is 1. The molecule has 0 amide bonds. The molecule has 1 aliphatic heterocycles. The molecule has 0 saturated carbocycles. The van der Waals surface area contributed by atoms with Gasteiger partial charge in [0.1, 0.15) is 0 Å². The molecule has 1 aromatic rings. The molecule has 1 unspecified atom stereocenters. The number of hydrogen-bond donors (Lipinski definition) is 1. The van der Waals surface area contributed by atoms with Crippen molar-refractivity contribution in [3.63, 3.8) is 0 Å². The number of benzene rings is 1. The fourth-order valence-corrected chi connectivity index (χ4v) is 4.07. The van der Waals surface area contributed by atoms with Crippen molar-refractivity contribution < 1.29 is 5.11 Å². The standard InChI is InChI=1S/C18H28OS/c1-18(2,3)16-6-4-14(5-7-16)12-17(19)13-15-8-10-20-11-9-15/h4-7,15,17,19H,8-13H2,1-3H3. The molecule has 0 radical (unpaired) electrons. The highest BCUT2D eigenvalue weighted by Gasteiger charge is 2.18. The normalized spacial score (nSPS) is 19.0. The Morgan fingerprint density at radius 2 is 1.75 bits per heavy atom. The van der Waals surface area contributed by atoms with Crippen LogP contribution in [0.4, 0.5) is 0 Å². The lowest BCUT2D eigenvalue weighted by atomic mass is 9.86. The molecule has 0 spiro atoms. The lowest BCUT2D eigenvalue weighted by Gasteiger charge is -2.24. The second-order valence-corrected chi connectivity index (χ2v) is 8.32. The van der Waals surface area contributed by atoms with Gasteiger partial charge in [-0.1, -0.05) is 45.0 Å². The van der Waals surface area contributed by atoms with E-state index in [0.29, 0.717) is 0 Å². The number of hydrogen-bond acceptors (Lipinski definition) is 2. The molecule has 1 N–H and O–H groups in total. The Hall–Kier alpha value is -0.470. The zero-order chi connectivity index (χ0) is 14.6. The summed E-state index contributed by atoms with van der Waals surface area (Å²) in [7, 11) is 0. The number of rotatable bonds is 4. The minimum absolute atomic E-state index is 0.177. The molecular formula is C18H28OS. The van der Waals surface area contributed by atoms with Crippen LogP contribution in [0.1, 0.15) is 51.2 Å². The van der Waals surface area contributed by atoms with Gasteiger partial charge in [-0.15, -0.1) is 0 Å². The third-order valence-electron chi connectivity index (χ3n) is 4.24. The van der Waals surface area contributed by atoms with E-state index in [4.69, 9.17) is 0 Å². The minimum atomic E-state index is -0.177. The lowest BCUT2D eigenvalue weighted by Crippen LogP contribution is -2.19. The molecule has 0 bridgehead atoms. The van der Waals surface area contributed by atoms with Crippen molar-refractivity contribution in [3.05, 3.63) is 35.4 Å². The third kappa shape index (κ3) is 4.82. The van der Waals surface area contributed by atoms with Crippen LogP contribution in [0.25, 0.3) is 0 Å². The Morgan fingerprint density at radius 1 is 1.15 bits per heavy atom. The van der Waals surface area contributed by atoms with Crippen LogP contribution >= 0.6 is 11.8 Å². The summed E-state index contributed by atoms with van der Waals surface area (Å²) in [5, 5.41) is 10.3. The van der Waals surface area contributed by atoms with Crippen molar-refractivity contribution in [2.24, 2.45) is 5.92 Å². The lowest BCUT2D eigenvalue weighted by molar-refractivity contribution is 0.139. The zero-order valence-electron chi connectivity index (χ0n) is 13.1. The molecule has 1 saturated heterocycles. The van der Waals surface area contributed by atoms with Gasteiger partial charge < -0.3 is 5.11 Å². The SMILES string of the molecule is CC(C)(C)c1ccc(CC(O)CC2CCSCC2)cc1. The first-order chi connectivity index (χ1) is 9.45. The van der Waals surface area contributed by atoms with Gasteiger partial charge in [-0.2, -0.15) is 11.8 Å². The monoisotopic (exact) mass is 292 g/mol. The van der Waals surface area contributed by atoms with E-state index < -0.39 is 0 Å². The Kier molecular flexibility index (Phi) is 5.57. The predicted octanol–water partition coefficient (Wildman–Crippen LogP) is 4.42. The smallest absolute Gasteiger partial charge is 0.0583 e. The van der Waals surface area contributed by atoms with Crippen LogP contribution in [0, 0.1) is 5.92 Å². The van der Waals surface area contributed by atoms with Crippen LogP contribution in [0.5, 0.6) is 0 Å². The summed E-state index contributed by atoms with van der Waals surface area (Å²) in [6.45, 7) is 6.70. The fraction of sp³-hybridized carbons (Fsp3) is 0.667. The highest BCUT2D eigenvalue weighted by atomic mass is 32.2. The van der Waals surface area contributed by atoms with Gasteiger partial charge in [0.25, 0.3) is 0 Å². The molecule has 20 heavy (non-hydrogen) atoms. The molecular weight excluding hydrogens is 264 g/mol. The first-order valence-electron chi connectivity index (χ1n) is 7.80. The highest BCUT2D eigenvalue weighted by molar-refractivity contribution is 7.99. The molecule has 1 aliphatic rings. The van der Waals surface area contributed by atoms with Crippen LogP contribution in [0.2, 0.25) is 0 Å². The highest BCUT2D eigenvalue weighted by Crippen LogP contribution is 2.27. The van der Waals surface area contributed by atoms with E-state index in [2.05, 4.69) is 56.8 Å². The van der Waals surface area contributed by atoms with Gasteiger partial charge in [0.15, 0.2) is 0 Å². The average Bonchev–Trinajstić information content (AvgIpc) is 2.39. The summed E-state index contributed by atoms with van der Waals surface area (Å²) in [5.41, 5.74) is 2.83. The van der Waals surface area contributed by atoms with Crippen molar-refractivity contribution in [1.82, 2.24) is 0 Å². The van der Waals surface area contributed by atoms with Gasteiger partial charge in [-0.05, 0) is 59.6 Å². The second kappa shape index (κ2) is 7.00. The first-order valence-corrected chi connectivity index (χ1v) is 8.96. The van der Waals surface area contributed by atoms with Gasteiger partial charge >= 0.3 is 0 Å². The Bertz CT molecular complexity index is 398. The quantitative estimate of drug-likeness (QED) is 0.886. The van der Waals surface area contributed by atoms with E-state index in [-0.39, 0.29) is 11.5 Å². The van der Waals surface area contributed by atoms with Gasteiger partial charge in [0, 0.05) is 0 Å². The zero-order valence-corrected chi connectivity index (χ0v) is 13.9. The van der Waals surface area contributed by atoms with Gasteiger partial charge in [0.05, 0.1) is 6.10 Å². The molecule has 1 fully saturated rings. The molecule has 1 nitrogen and oxygen atoms in total. The van der Waals surface area contributed by atoms with Crippen LogP contribution in [0.3, 0.4) is 0 Å². The summed E-state index contributed by atoms with van der Waals surface area (Å²) < 4.78 is 0. The maximum absolute atomic E-state index is 10.3. The summed E-state index contributed by atoms with van der Waals surface area (Å²) >= 11 is 2.05. The molecule has 1 atom stereocenters. The van der Waals surface area contributed by atoms with Crippen LogP contribution in [-0.2, 0) is 11.8 Å². The topological polar surface area (TPSA) is 20.2 Å². The number of aliphatic hydroxyl groups excluding tert-OH is 1. The molecule has 1 aromatic carbocycles.